The Morgan fingerprint density at radius 1 is 1.64 bits per heavy atom. The molecule has 1 heterocycles. The van der Waals surface area contributed by atoms with E-state index < -0.39 is 0 Å². The molecule has 3 heteroatoms. The van der Waals surface area contributed by atoms with Crippen molar-refractivity contribution in [1.29, 1.82) is 0 Å². The lowest BCUT2D eigenvalue weighted by molar-refractivity contribution is 0.187. The van der Waals surface area contributed by atoms with Crippen molar-refractivity contribution in [3.63, 3.8) is 0 Å². The molecule has 0 spiro atoms. The minimum Gasteiger partial charge on any atom is -0.379 e. The molecule has 1 atom stereocenters. The first-order chi connectivity index (χ1) is 5.24. The Bertz CT molecular complexity index is 218. The van der Waals surface area contributed by atoms with E-state index in [1.165, 1.54) is 9.75 Å². The summed E-state index contributed by atoms with van der Waals surface area (Å²) in [5, 5.41) is 0.339. The van der Waals surface area contributed by atoms with Gasteiger partial charge in [0.15, 0.2) is 0 Å². The molecule has 62 valence electrons. The number of ether oxygens (including phenoxy) is 1. The Balaban J connectivity index is 2.66. The molecular formula is C8H12OS2. The van der Waals surface area contributed by atoms with Crippen molar-refractivity contribution in [1.82, 2.24) is 0 Å². The molecule has 1 aromatic heterocycles. The number of thiophene rings is 1. The van der Waals surface area contributed by atoms with Crippen LogP contribution >= 0.6 is 24.0 Å². The van der Waals surface area contributed by atoms with Gasteiger partial charge >= 0.3 is 0 Å². The van der Waals surface area contributed by atoms with Crippen molar-refractivity contribution in [3.8, 4) is 0 Å². The molecule has 0 fully saturated rings. The molecular weight excluding hydrogens is 176 g/mol. The average Bonchev–Trinajstić information content (AvgIpc) is 2.37. The van der Waals surface area contributed by atoms with E-state index in [0.717, 1.165) is 0 Å². The van der Waals surface area contributed by atoms with Crippen LogP contribution in [0.4, 0.5) is 0 Å². The van der Waals surface area contributed by atoms with Gasteiger partial charge in [-0.1, -0.05) is 0 Å². The monoisotopic (exact) mass is 188 g/mol. The number of hydrogen-bond acceptors (Lipinski definition) is 3. The maximum Gasteiger partial charge on any atom is 0.0805 e. The Hall–Kier alpha value is 0.01000. The lowest BCUT2D eigenvalue weighted by Crippen LogP contribution is -1.80. The van der Waals surface area contributed by atoms with Crippen molar-refractivity contribution in [3.05, 3.63) is 21.9 Å². The van der Waals surface area contributed by atoms with Gasteiger partial charge in [-0.15, -0.1) is 11.3 Å². The van der Waals surface area contributed by atoms with Gasteiger partial charge in [0.05, 0.1) is 6.61 Å². The number of thiol groups is 1. The fourth-order valence-corrected chi connectivity index (χ4v) is 2.01. The van der Waals surface area contributed by atoms with Gasteiger partial charge in [-0.05, 0) is 19.1 Å². The minimum atomic E-state index is 0.339. The molecule has 1 nitrogen and oxygen atoms in total. The highest BCUT2D eigenvalue weighted by atomic mass is 32.1. The van der Waals surface area contributed by atoms with Crippen LogP contribution in [0.3, 0.4) is 0 Å². The fraction of sp³-hybridized carbons (Fsp3) is 0.500. The highest BCUT2D eigenvalue weighted by Gasteiger charge is 2.03. The standard InChI is InChI=1S/C8H12OS2/c1-6(10)8-4-3-7(11-8)5-9-2/h3-4,6,10H,5H2,1-2H3. The first-order valence-corrected chi connectivity index (χ1v) is 4.83. The summed E-state index contributed by atoms with van der Waals surface area (Å²) in [6, 6.07) is 4.20. The lowest BCUT2D eigenvalue weighted by atomic mass is 10.3. The second-order valence-corrected chi connectivity index (χ2v) is 4.39. The molecule has 11 heavy (non-hydrogen) atoms. The van der Waals surface area contributed by atoms with Gasteiger partial charge in [-0.2, -0.15) is 12.6 Å². The third-order valence-corrected chi connectivity index (χ3v) is 3.08. The molecule has 0 amide bonds. The summed E-state index contributed by atoms with van der Waals surface area (Å²) in [7, 11) is 1.71. The van der Waals surface area contributed by atoms with Crippen LogP contribution in [-0.4, -0.2) is 7.11 Å². The Morgan fingerprint density at radius 3 is 2.82 bits per heavy atom. The summed E-state index contributed by atoms with van der Waals surface area (Å²) < 4.78 is 5.01. The predicted molar refractivity (Wildman–Crippen MR) is 52.4 cm³/mol. The SMILES string of the molecule is COCc1ccc(C(C)S)s1. The van der Waals surface area contributed by atoms with E-state index in [9.17, 15) is 0 Å². The molecule has 0 aliphatic carbocycles. The van der Waals surface area contributed by atoms with Gasteiger partial charge < -0.3 is 4.74 Å². The van der Waals surface area contributed by atoms with Crippen LogP contribution in [0.15, 0.2) is 12.1 Å². The van der Waals surface area contributed by atoms with E-state index >= 15 is 0 Å². The summed E-state index contributed by atoms with van der Waals surface area (Å²) in [5.74, 6) is 0. The van der Waals surface area contributed by atoms with E-state index in [0.29, 0.717) is 11.9 Å². The van der Waals surface area contributed by atoms with E-state index in [-0.39, 0.29) is 0 Å². The highest BCUT2D eigenvalue weighted by molar-refractivity contribution is 7.80. The van der Waals surface area contributed by atoms with Crippen LogP contribution in [0.1, 0.15) is 21.9 Å². The predicted octanol–water partition coefficient (Wildman–Crippen LogP) is 2.89. The first kappa shape index (κ1) is 9.10. The van der Waals surface area contributed by atoms with E-state index in [1.54, 1.807) is 18.4 Å². The molecule has 0 radical (unpaired) electrons. The second kappa shape index (κ2) is 4.14. The minimum absolute atomic E-state index is 0.339. The van der Waals surface area contributed by atoms with Crippen LogP contribution in [0, 0.1) is 0 Å². The maximum atomic E-state index is 5.01. The van der Waals surface area contributed by atoms with Crippen molar-refractivity contribution in [2.24, 2.45) is 0 Å². The zero-order chi connectivity index (χ0) is 8.27. The van der Waals surface area contributed by atoms with Gasteiger partial charge in [0.1, 0.15) is 0 Å². The van der Waals surface area contributed by atoms with Gasteiger partial charge in [0, 0.05) is 22.1 Å². The Labute approximate surface area is 76.8 Å². The first-order valence-electron chi connectivity index (χ1n) is 3.49. The summed E-state index contributed by atoms with van der Waals surface area (Å²) in [6.45, 7) is 2.79. The zero-order valence-electron chi connectivity index (χ0n) is 6.70. The van der Waals surface area contributed by atoms with Crippen LogP contribution in [-0.2, 0) is 11.3 Å². The molecule has 0 aliphatic rings. The summed E-state index contributed by atoms with van der Waals surface area (Å²) in [5.41, 5.74) is 0. The number of hydrogen-bond donors (Lipinski definition) is 1. The third-order valence-electron chi connectivity index (χ3n) is 1.38. The Morgan fingerprint density at radius 2 is 2.36 bits per heavy atom. The van der Waals surface area contributed by atoms with Gasteiger partial charge in [-0.3, -0.25) is 0 Å². The lowest BCUT2D eigenvalue weighted by Gasteiger charge is -1.96. The normalized spacial score (nSPS) is 13.4. The van der Waals surface area contributed by atoms with Crippen molar-refractivity contribution in [2.75, 3.05) is 7.11 Å². The smallest absolute Gasteiger partial charge is 0.0805 e. The molecule has 0 bridgehead atoms. The summed E-state index contributed by atoms with van der Waals surface area (Å²) >= 11 is 6.10. The van der Waals surface area contributed by atoms with Gasteiger partial charge in [-0.25, -0.2) is 0 Å². The van der Waals surface area contributed by atoms with E-state index in [1.807, 2.05) is 0 Å². The van der Waals surface area contributed by atoms with Crippen LogP contribution in [0.5, 0.6) is 0 Å². The van der Waals surface area contributed by atoms with Crippen LogP contribution < -0.4 is 0 Å². The molecule has 1 unspecified atom stereocenters. The van der Waals surface area contributed by atoms with E-state index in [2.05, 4.69) is 31.7 Å². The Kier molecular flexibility index (Phi) is 3.43. The quantitative estimate of drug-likeness (QED) is 0.718. The second-order valence-electron chi connectivity index (χ2n) is 2.41. The number of methoxy groups -OCH3 is 1. The molecule has 0 N–H and O–H groups in total. The van der Waals surface area contributed by atoms with Crippen molar-refractivity contribution in [2.45, 2.75) is 18.8 Å². The molecule has 0 aliphatic heterocycles. The molecule has 0 saturated heterocycles. The topological polar surface area (TPSA) is 9.23 Å². The summed E-state index contributed by atoms with van der Waals surface area (Å²) in [4.78, 5) is 2.57. The highest BCUT2D eigenvalue weighted by Crippen LogP contribution is 2.27. The van der Waals surface area contributed by atoms with E-state index in [4.69, 9.17) is 4.74 Å². The van der Waals surface area contributed by atoms with Gasteiger partial charge in [0.2, 0.25) is 0 Å². The average molecular weight is 188 g/mol. The largest absolute Gasteiger partial charge is 0.379 e. The molecule has 0 aromatic carbocycles. The molecule has 1 aromatic rings. The van der Waals surface area contributed by atoms with Crippen molar-refractivity contribution < 1.29 is 4.74 Å². The molecule has 1 rings (SSSR count). The number of rotatable bonds is 3. The third kappa shape index (κ3) is 2.51. The van der Waals surface area contributed by atoms with Crippen molar-refractivity contribution >= 4 is 24.0 Å². The van der Waals surface area contributed by atoms with Crippen LogP contribution in [0.2, 0.25) is 0 Å². The zero-order valence-corrected chi connectivity index (χ0v) is 8.41. The summed E-state index contributed by atoms with van der Waals surface area (Å²) in [6.07, 6.45) is 0. The van der Waals surface area contributed by atoms with Gasteiger partial charge in [0.25, 0.3) is 0 Å². The van der Waals surface area contributed by atoms with Crippen LogP contribution in [0.25, 0.3) is 0 Å². The maximum absolute atomic E-state index is 5.01. The fourth-order valence-electron chi connectivity index (χ4n) is 0.839. The molecule has 0 saturated carbocycles.